The van der Waals surface area contributed by atoms with E-state index in [1.165, 1.54) is 6.07 Å². The molecule has 2 rings (SSSR count). The highest BCUT2D eigenvalue weighted by Crippen LogP contribution is 2.22. The first-order chi connectivity index (χ1) is 8.70. The van der Waals surface area contributed by atoms with Crippen molar-refractivity contribution in [3.8, 4) is 5.75 Å². The smallest absolute Gasteiger partial charge is 0.223 e. The molecule has 3 N–H and O–H groups in total. The molecule has 0 aliphatic heterocycles. The minimum absolute atomic E-state index is 0.0527. The molecule has 1 aliphatic rings. The van der Waals surface area contributed by atoms with E-state index < -0.39 is 5.82 Å². The van der Waals surface area contributed by atoms with Crippen LogP contribution in [-0.2, 0) is 11.3 Å². The number of carbonyl (C=O) groups excluding carboxylic acids is 1. The minimum Gasteiger partial charge on any atom is -0.490 e. The predicted octanol–water partition coefficient (Wildman–Crippen LogP) is 1.33. The van der Waals surface area contributed by atoms with Gasteiger partial charge in [0.2, 0.25) is 5.91 Å². The molecule has 1 fully saturated rings. The van der Waals surface area contributed by atoms with Crippen LogP contribution in [0.25, 0.3) is 0 Å². The highest BCUT2D eigenvalue weighted by atomic mass is 19.1. The second kappa shape index (κ2) is 5.82. The number of halogens is 1. The van der Waals surface area contributed by atoms with E-state index in [1.54, 1.807) is 12.1 Å². The molecular weight excluding hydrogens is 235 g/mol. The summed E-state index contributed by atoms with van der Waals surface area (Å²) in [7, 11) is 0. The van der Waals surface area contributed by atoms with Crippen LogP contribution in [0, 0.1) is 5.82 Å². The van der Waals surface area contributed by atoms with E-state index in [2.05, 4.69) is 5.32 Å². The average Bonchev–Trinajstić information content (AvgIpc) is 3.15. The summed E-state index contributed by atoms with van der Waals surface area (Å²) < 4.78 is 18.8. The number of hydrogen-bond donors (Lipinski definition) is 2. The zero-order chi connectivity index (χ0) is 13.0. The highest BCUT2D eigenvalue weighted by molar-refractivity contribution is 5.76. The Morgan fingerprint density at radius 2 is 2.28 bits per heavy atom. The van der Waals surface area contributed by atoms with E-state index in [9.17, 15) is 9.18 Å². The molecule has 4 nitrogen and oxygen atoms in total. The average molecular weight is 252 g/mol. The summed E-state index contributed by atoms with van der Waals surface area (Å²) in [5, 5.41) is 2.85. The topological polar surface area (TPSA) is 64.3 Å². The number of carbonyl (C=O) groups is 1. The zero-order valence-electron chi connectivity index (χ0n) is 10.1. The predicted molar refractivity (Wildman–Crippen MR) is 65.6 cm³/mol. The number of nitrogens with one attached hydrogen (secondary N) is 1. The van der Waals surface area contributed by atoms with Gasteiger partial charge in [-0.1, -0.05) is 12.1 Å². The first-order valence-corrected chi connectivity index (χ1v) is 6.10. The Bertz CT molecular complexity index is 433. The number of ether oxygens (including phenoxy) is 1. The Morgan fingerprint density at radius 1 is 1.50 bits per heavy atom. The molecule has 0 heterocycles. The van der Waals surface area contributed by atoms with Crippen LogP contribution in [0.15, 0.2) is 18.2 Å². The lowest BCUT2D eigenvalue weighted by Crippen LogP contribution is -2.26. The summed E-state index contributed by atoms with van der Waals surface area (Å²) >= 11 is 0. The second-order valence-corrected chi connectivity index (χ2v) is 4.37. The normalized spacial score (nSPS) is 14.3. The van der Waals surface area contributed by atoms with Crippen molar-refractivity contribution >= 4 is 5.91 Å². The van der Waals surface area contributed by atoms with Crippen molar-refractivity contribution in [2.24, 2.45) is 5.73 Å². The van der Waals surface area contributed by atoms with Gasteiger partial charge in [0.1, 0.15) is 0 Å². The summed E-state index contributed by atoms with van der Waals surface area (Å²) in [6, 6.07) is 4.96. The van der Waals surface area contributed by atoms with Crippen LogP contribution in [0.3, 0.4) is 0 Å². The van der Waals surface area contributed by atoms with Gasteiger partial charge in [-0.3, -0.25) is 4.79 Å². The first-order valence-electron chi connectivity index (χ1n) is 6.10. The summed E-state index contributed by atoms with van der Waals surface area (Å²) in [6.07, 6.45) is 2.34. The fraction of sp³-hybridized carbons (Fsp3) is 0.462. The fourth-order valence-electron chi connectivity index (χ4n) is 1.65. The zero-order valence-corrected chi connectivity index (χ0v) is 10.1. The number of nitrogens with two attached hydrogens (primary N) is 1. The molecule has 0 aromatic heterocycles. The lowest BCUT2D eigenvalue weighted by Gasteiger charge is -2.11. The standard InChI is InChI=1S/C13H17FN2O2/c14-11-3-1-2-9(8-15)13(11)18-7-6-12(17)16-10-4-5-10/h1-3,10H,4-8,15H2,(H,16,17). The van der Waals surface area contributed by atoms with Gasteiger partial charge < -0.3 is 15.8 Å². The lowest BCUT2D eigenvalue weighted by molar-refractivity contribution is -0.121. The number of para-hydroxylation sites is 1. The molecule has 1 saturated carbocycles. The number of amides is 1. The van der Waals surface area contributed by atoms with Crippen molar-refractivity contribution in [3.63, 3.8) is 0 Å². The quantitative estimate of drug-likeness (QED) is 0.802. The Hall–Kier alpha value is -1.62. The Kier molecular flexibility index (Phi) is 4.15. The van der Waals surface area contributed by atoms with Gasteiger partial charge >= 0.3 is 0 Å². The molecule has 0 unspecified atom stereocenters. The fourth-order valence-corrected chi connectivity index (χ4v) is 1.65. The summed E-state index contributed by atoms with van der Waals surface area (Å²) in [4.78, 5) is 11.4. The van der Waals surface area contributed by atoms with Gasteiger partial charge in [0.15, 0.2) is 11.6 Å². The summed E-state index contributed by atoms with van der Waals surface area (Å²) in [6.45, 7) is 0.369. The molecule has 1 aliphatic carbocycles. The van der Waals surface area contributed by atoms with Crippen LogP contribution in [0.2, 0.25) is 0 Å². The molecule has 1 amide bonds. The van der Waals surface area contributed by atoms with Gasteiger partial charge in [-0.15, -0.1) is 0 Å². The van der Waals surface area contributed by atoms with Crippen molar-refractivity contribution in [3.05, 3.63) is 29.6 Å². The maximum absolute atomic E-state index is 13.5. The van der Waals surface area contributed by atoms with Crippen LogP contribution in [0.4, 0.5) is 4.39 Å². The molecule has 0 saturated heterocycles. The number of rotatable bonds is 6. The van der Waals surface area contributed by atoms with Gasteiger partial charge in [-0.05, 0) is 18.9 Å². The minimum atomic E-state index is -0.444. The number of benzene rings is 1. The Balaban J connectivity index is 1.83. The molecule has 98 valence electrons. The maximum atomic E-state index is 13.5. The van der Waals surface area contributed by atoms with Crippen molar-refractivity contribution in [2.75, 3.05) is 6.61 Å². The van der Waals surface area contributed by atoms with Crippen molar-refractivity contribution in [1.29, 1.82) is 0 Å². The molecule has 1 aromatic rings. The molecule has 0 spiro atoms. The first kappa shape index (κ1) is 12.8. The third-order valence-corrected chi connectivity index (χ3v) is 2.79. The van der Waals surface area contributed by atoms with E-state index in [4.69, 9.17) is 10.5 Å². The van der Waals surface area contributed by atoms with Crippen LogP contribution >= 0.6 is 0 Å². The van der Waals surface area contributed by atoms with E-state index in [0.29, 0.717) is 11.6 Å². The third kappa shape index (κ3) is 3.43. The Morgan fingerprint density at radius 3 is 2.94 bits per heavy atom. The van der Waals surface area contributed by atoms with Crippen LogP contribution < -0.4 is 15.8 Å². The monoisotopic (exact) mass is 252 g/mol. The molecule has 0 radical (unpaired) electrons. The van der Waals surface area contributed by atoms with Gasteiger partial charge in [-0.25, -0.2) is 4.39 Å². The van der Waals surface area contributed by atoms with E-state index in [-0.39, 0.29) is 31.2 Å². The van der Waals surface area contributed by atoms with Crippen molar-refractivity contribution in [2.45, 2.75) is 31.8 Å². The van der Waals surface area contributed by atoms with Gasteiger partial charge in [0.25, 0.3) is 0 Å². The molecule has 1 aromatic carbocycles. The Labute approximate surface area is 105 Å². The second-order valence-electron chi connectivity index (χ2n) is 4.37. The maximum Gasteiger partial charge on any atom is 0.223 e. The third-order valence-electron chi connectivity index (χ3n) is 2.79. The van der Waals surface area contributed by atoms with E-state index >= 15 is 0 Å². The lowest BCUT2D eigenvalue weighted by atomic mass is 10.2. The summed E-state index contributed by atoms with van der Waals surface area (Å²) in [5.41, 5.74) is 6.11. The summed E-state index contributed by atoms with van der Waals surface area (Å²) in [5.74, 6) is -0.345. The van der Waals surface area contributed by atoms with Crippen molar-refractivity contribution in [1.82, 2.24) is 5.32 Å². The SMILES string of the molecule is NCc1cccc(F)c1OCCC(=O)NC1CC1. The van der Waals surface area contributed by atoms with Crippen LogP contribution in [-0.4, -0.2) is 18.6 Å². The van der Waals surface area contributed by atoms with Gasteiger partial charge in [-0.2, -0.15) is 0 Å². The molecule has 0 bridgehead atoms. The molecule has 18 heavy (non-hydrogen) atoms. The molecule has 5 heteroatoms. The molecular formula is C13H17FN2O2. The molecule has 0 atom stereocenters. The van der Waals surface area contributed by atoms with Crippen LogP contribution in [0.1, 0.15) is 24.8 Å². The van der Waals surface area contributed by atoms with Crippen molar-refractivity contribution < 1.29 is 13.9 Å². The highest BCUT2D eigenvalue weighted by Gasteiger charge is 2.23. The van der Waals surface area contributed by atoms with Crippen LogP contribution in [0.5, 0.6) is 5.75 Å². The van der Waals surface area contributed by atoms with Gasteiger partial charge in [0.05, 0.1) is 13.0 Å². The van der Waals surface area contributed by atoms with E-state index in [1.807, 2.05) is 0 Å². The largest absolute Gasteiger partial charge is 0.490 e. The number of hydrogen-bond acceptors (Lipinski definition) is 3. The van der Waals surface area contributed by atoms with E-state index in [0.717, 1.165) is 12.8 Å². The van der Waals surface area contributed by atoms with Gasteiger partial charge in [0, 0.05) is 18.2 Å².